The molecule has 8 nitrogen and oxygen atoms in total. The van der Waals surface area contributed by atoms with E-state index < -0.39 is 28.1 Å². The SMILES string of the molecule is NS(=O)(=O)c1ccc(CNC(=O)NC(Cc2ccccc2)C(=O)O)cc1. The summed E-state index contributed by atoms with van der Waals surface area (Å²) in [5, 5.41) is 19.2. The molecule has 26 heavy (non-hydrogen) atoms. The number of benzene rings is 2. The quantitative estimate of drug-likeness (QED) is 0.566. The lowest BCUT2D eigenvalue weighted by Gasteiger charge is -2.15. The van der Waals surface area contributed by atoms with Gasteiger partial charge in [0.15, 0.2) is 0 Å². The predicted molar refractivity (Wildman–Crippen MR) is 94.8 cm³/mol. The number of carboxylic acid groups (broad SMARTS) is 1. The number of nitrogens with two attached hydrogens (primary N) is 1. The van der Waals surface area contributed by atoms with Crippen molar-refractivity contribution in [3.63, 3.8) is 0 Å². The van der Waals surface area contributed by atoms with Crippen molar-refractivity contribution in [2.24, 2.45) is 5.14 Å². The van der Waals surface area contributed by atoms with E-state index in [2.05, 4.69) is 10.6 Å². The van der Waals surface area contributed by atoms with Gasteiger partial charge in [0.05, 0.1) is 4.90 Å². The number of carbonyl (C=O) groups excluding carboxylic acids is 1. The molecule has 9 heteroatoms. The van der Waals surface area contributed by atoms with Crippen molar-refractivity contribution in [3.8, 4) is 0 Å². The molecule has 1 unspecified atom stereocenters. The molecule has 5 N–H and O–H groups in total. The number of nitrogens with one attached hydrogen (secondary N) is 2. The van der Waals surface area contributed by atoms with Crippen LogP contribution >= 0.6 is 0 Å². The number of amides is 2. The Labute approximate surface area is 151 Å². The summed E-state index contributed by atoms with van der Waals surface area (Å²) in [6, 6.07) is 13.0. The summed E-state index contributed by atoms with van der Waals surface area (Å²) in [6.07, 6.45) is 0.159. The van der Waals surface area contributed by atoms with Gasteiger partial charge in [0.25, 0.3) is 0 Å². The van der Waals surface area contributed by atoms with E-state index in [1.807, 2.05) is 6.07 Å². The summed E-state index contributed by atoms with van der Waals surface area (Å²) >= 11 is 0. The van der Waals surface area contributed by atoms with Gasteiger partial charge in [-0.25, -0.2) is 23.1 Å². The van der Waals surface area contributed by atoms with Crippen LogP contribution in [0, 0.1) is 0 Å². The van der Waals surface area contributed by atoms with Crippen molar-refractivity contribution < 1.29 is 23.1 Å². The van der Waals surface area contributed by atoms with Crippen LogP contribution in [0.1, 0.15) is 11.1 Å². The number of rotatable bonds is 7. The molecule has 0 aliphatic heterocycles. The predicted octanol–water partition coefficient (Wildman–Crippen LogP) is 0.829. The second-order valence-corrected chi connectivity index (χ2v) is 7.16. The highest BCUT2D eigenvalue weighted by Crippen LogP contribution is 2.08. The first-order valence-corrected chi connectivity index (χ1v) is 9.23. The van der Waals surface area contributed by atoms with Gasteiger partial charge in [-0.1, -0.05) is 42.5 Å². The molecule has 0 fully saturated rings. The summed E-state index contributed by atoms with van der Waals surface area (Å²) in [5.74, 6) is -1.14. The Balaban J connectivity index is 1.91. The van der Waals surface area contributed by atoms with Gasteiger partial charge >= 0.3 is 12.0 Å². The highest BCUT2D eigenvalue weighted by molar-refractivity contribution is 7.89. The molecule has 2 aromatic rings. The zero-order valence-electron chi connectivity index (χ0n) is 13.8. The van der Waals surface area contributed by atoms with Gasteiger partial charge in [-0.2, -0.15) is 0 Å². The Morgan fingerprint density at radius 3 is 2.15 bits per heavy atom. The van der Waals surface area contributed by atoms with Gasteiger partial charge < -0.3 is 15.7 Å². The fourth-order valence-electron chi connectivity index (χ4n) is 2.24. The molecule has 0 saturated heterocycles. The first-order chi connectivity index (χ1) is 12.3. The van der Waals surface area contributed by atoms with Crippen LogP contribution in [0.15, 0.2) is 59.5 Å². The lowest BCUT2D eigenvalue weighted by molar-refractivity contribution is -0.139. The molecule has 0 aromatic heterocycles. The number of aliphatic carboxylic acids is 1. The van der Waals surface area contributed by atoms with E-state index in [0.29, 0.717) is 5.56 Å². The second kappa shape index (κ2) is 8.45. The van der Waals surface area contributed by atoms with Crippen molar-refractivity contribution in [2.75, 3.05) is 0 Å². The zero-order valence-corrected chi connectivity index (χ0v) is 14.6. The number of primary sulfonamides is 1. The molecule has 0 aliphatic rings. The van der Waals surface area contributed by atoms with Crippen LogP contribution < -0.4 is 15.8 Å². The Morgan fingerprint density at radius 2 is 1.62 bits per heavy atom. The average molecular weight is 377 g/mol. The van der Waals surface area contributed by atoms with Gasteiger partial charge in [0.2, 0.25) is 10.0 Å². The van der Waals surface area contributed by atoms with Crippen LogP contribution in [0.2, 0.25) is 0 Å². The summed E-state index contributed by atoms with van der Waals surface area (Å²) in [5.41, 5.74) is 1.43. The average Bonchev–Trinajstić information content (AvgIpc) is 2.60. The van der Waals surface area contributed by atoms with E-state index in [0.717, 1.165) is 5.56 Å². The molecule has 2 aromatic carbocycles. The van der Waals surface area contributed by atoms with Crippen LogP contribution in [-0.4, -0.2) is 31.6 Å². The number of carbonyl (C=O) groups is 2. The van der Waals surface area contributed by atoms with Gasteiger partial charge in [0, 0.05) is 13.0 Å². The maximum Gasteiger partial charge on any atom is 0.326 e. The van der Waals surface area contributed by atoms with Crippen molar-refractivity contribution in [1.82, 2.24) is 10.6 Å². The van der Waals surface area contributed by atoms with Crippen molar-refractivity contribution in [3.05, 3.63) is 65.7 Å². The minimum Gasteiger partial charge on any atom is -0.480 e. The van der Waals surface area contributed by atoms with E-state index in [1.54, 1.807) is 24.3 Å². The van der Waals surface area contributed by atoms with E-state index >= 15 is 0 Å². The number of urea groups is 1. The highest BCUT2D eigenvalue weighted by atomic mass is 32.2. The van der Waals surface area contributed by atoms with Crippen molar-refractivity contribution in [2.45, 2.75) is 23.9 Å². The normalized spacial score (nSPS) is 12.2. The van der Waals surface area contributed by atoms with Gasteiger partial charge in [0.1, 0.15) is 6.04 Å². The molecule has 0 saturated carbocycles. The van der Waals surface area contributed by atoms with Gasteiger partial charge in [-0.05, 0) is 23.3 Å². The maximum absolute atomic E-state index is 11.9. The monoisotopic (exact) mass is 377 g/mol. The van der Waals surface area contributed by atoms with Crippen LogP contribution in [0.3, 0.4) is 0 Å². The minimum absolute atomic E-state index is 0.0282. The summed E-state index contributed by atoms with van der Waals surface area (Å²) in [4.78, 5) is 23.3. The van der Waals surface area contributed by atoms with E-state index in [-0.39, 0.29) is 17.9 Å². The Hall–Kier alpha value is -2.91. The number of sulfonamides is 1. The third-order valence-corrected chi connectivity index (χ3v) is 4.52. The third-order valence-electron chi connectivity index (χ3n) is 3.59. The largest absolute Gasteiger partial charge is 0.480 e. The molecule has 138 valence electrons. The fourth-order valence-corrected chi connectivity index (χ4v) is 2.75. The lowest BCUT2D eigenvalue weighted by Crippen LogP contribution is -2.46. The standard InChI is InChI=1S/C17H19N3O5S/c18-26(24,25)14-8-6-13(7-9-14)11-19-17(23)20-15(16(21)22)10-12-4-2-1-3-5-12/h1-9,15H,10-11H2,(H,21,22)(H2,18,24,25)(H2,19,20,23). The maximum atomic E-state index is 11.9. The number of carboxylic acids is 1. The highest BCUT2D eigenvalue weighted by Gasteiger charge is 2.20. The van der Waals surface area contributed by atoms with E-state index in [1.165, 1.54) is 24.3 Å². The lowest BCUT2D eigenvalue weighted by atomic mass is 10.1. The van der Waals surface area contributed by atoms with Gasteiger partial charge in [-0.15, -0.1) is 0 Å². The Kier molecular flexibility index (Phi) is 6.31. The first-order valence-electron chi connectivity index (χ1n) is 7.68. The molecule has 0 bridgehead atoms. The van der Waals surface area contributed by atoms with Crippen molar-refractivity contribution >= 4 is 22.0 Å². The smallest absolute Gasteiger partial charge is 0.326 e. The Morgan fingerprint density at radius 1 is 1.00 bits per heavy atom. The first kappa shape index (κ1) is 19.4. The van der Waals surface area contributed by atoms with E-state index in [9.17, 15) is 23.1 Å². The van der Waals surface area contributed by atoms with E-state index in [4.69, 9.17) is 5.14 Å². The van der Waals surface area contributed by atoms with Crippen LogP contribution in [0.25, 0.3) is 0 Å². The molecule has 0 radical (unpaired) electrons. The zero-order chi connectivity index (χ0) is 19.2. The van der Waals surface area contributed by atoms with Crippen LogP contribution in [0.5, 0.6) is 0 Å². The Bertz CT molecular complexity index is 867. The van der Waals surface area contributed by atoms with Gasteiger partial charge in [-0.3, -0.25) is 0 Å². The summed E-state index contributed by atoms with van der Waals surface area (Å²) < 4.78 is 22.4. The number of hydrogen-bond acceptors (Lipinski definition) is 4. The van der Waals surface area contributed by atoms with Crippen LogP contribution in [-0.2, 0) is 27.8 Å². The molecule has 0 spiro atoms. The third kappa shape index (κ3) is 5.87. The van der Waals surface area contributed by atoms with Crippen LogP contribution in [0.4, 0.5) is 4.79 Å². The molecule has 2 rings (SSSR count). The fraction of sp³-hybridized carbons (Fsp3) is 0.176. The molecule has 1 atom stereocenters. The topological polar surface area (TPSA) is 139 Å². The molecular formula is C17H19N3O5S. The molecule has 0 heterocycles. The second-order valence-electron chi connectivity index (χ2n) is 5.60. The minimum atomic E-state index is -3.77. The summed E-state index contributed by atoms with van der Waals surface area (Å²) in [6.45, 7) is 0.106. The van der Waals surface area contributed by atoms with Crippen molar-refractivity contribution in [1.29, 1.82) is 0 Å². The summed E-state index contributed by atoms with van der Waals surface area (Å²) in [7, 11) is -3.77. The molecular weight excluding hydrogens is 358 g/mol. The molecule has 2 amide bonds. The number of hydrogen-bond donors (Lipinski definition) is 4. The molecule has 0 aliphatic carbocycles.